The van der Waals surface area contributed by atoms with E-state index in [1.807, 2.05) is 97.2 Å². The number of carbonyl (C=O) groups excluding carboxylic acids is 1. The highest BCUT2D eigenvalue weighted by atomic mass is 16.1. The number of benzene rings is 4. The molecular formula is C33H31N5O. The lowest BCUT2D eigenvalue weighted by atomic mass is 10.0. The molecule has 0 aliphatic rings. The predicted octanol–water partition coefficient (Wildman–Crippen LogP) is 5.79. The Morgan fingerprint density at radius 3 is 2.00 bits per heavy atom. The van der Waals surface area contributed by atoms with Crippen LogP contribution in [0.25, 0.3) is 11.3 Å². The minimum Gasteiger partial charge on any atom is -0.384 e. The molecule has 0 radical (unpaired) electrons. The van der Waals surface area contributed by atoms with E-state index in [4.69, 9.17) is 16.1 Å². The number of nitrogens with one attached hydrogen (secondary N) is 2. The molecule has 194 valence electrons. The number of hydrogen-bond acceptors (Lipinski definition) is 3. The summed E-state index contributed by atoms with van der Waals surface area (Å²) < 4.78 is 2.15. The van der Waals surface area contributed by atoms with Crippen LogP contribution in [0.5, 0.6) is 0 Å². The zero-order valence-corrected chi connectivity index (χ0v) is 21.6. The molecule has 6 nitrogen and oxygen atoms in total. The van der Waals surface area contributed by atoms with Crippen LogP contribution in [0.1, 0.15) is 38.9 Å². The smallest absolute Gasteiger partial charge is 0.251 e. The van der Waals surface area contributed by atoms with Gasteiger partial charge >= 0.3 is 0 Å². The van der Waals surface area contributed by atoms with Gasteiger partial charge in [-0.05, 0) is 36.1 Å². The molecule has 1 atom stereocenters. The average molecular weight is 514 g/mol. The van der Waals surface area contributed by atoms with Crippen molar-refractivity contribution < 1.29 is 4.79 Å². The number of hydrogen-bond donors (Lipinski definition) is 3. The van der Waals surface area contributed by atoms with Crippen molar-refractivity contribution in [2.24, 2.45) is 5.73 Å². The molecule has 4 N–H and O–H groups in total. The minimum absolute atomic E-state index is 0.0298. The average Bonchev–Trinajstić information content (AvgIpc) is 3.41. The second kappa shape index (κ2) is 12.0. The molecule has 0 aliphatic heterocycles. The Labute approximate surface area is 228 Å². The van der Waals surface area contributed by atoms with Crippen LogP contribution >= 0.6 is 0 Å². The van der Waals surface area contributed by atoms with Crippen LogP contribution < -0.4 is 11.1 Å². The standard InChI is InChI=1S/C33H31N5O/c34-31(35)27-18-16-26(17-19-27)30-23-38(21-20-24-10-4-1-5-11-24)32(36-30)29(22-25-12-6-2-7-13-25)37-33(39)28-14-8-3-9-15-28/h1-19,23,29H,20-22H2,(H3,34,35)(H,37,39)/t29-/m0/s1. The van der Waals surface area contributed by atoms with Gasteiger partial charge in [0, 0.05) is 29.4 Å². The topological polar surface area (TPSA) is 96.8 Å². The number of carbonyl (C=O) groups is 1. The van der Waals surface area contributed by atoms with Gasteiger partial charge in [-0.15, -0.1) is 0 Å². The Morgan fingerprint density at radius 1 is 0.795 bits per heavy atom. The van der Waals surface area contributed by atoms with Gasteiger partial charge in [0.2, 0.25) is 0 Å². The summed E-state index contributed by atoms with van der Waals surface area (Å²) in [6.07, 6.45) is 3.48. The lowest BCUT2D eigenvalue weighted by molar-refractivity contribution is 0.0934. The molecule has 5 aromatic rings. The van der Waals surface area contributed by atoms with Crippen molar-refractivity contribution in [3.05, 3.63) is 150 Å². The van der Waals surface area contributed by atoms with Crippen LogP contribution in [0.2, 0.25) is 0 Å². The van der Waals surface area contributed by atoms with Crippen LogP contribution in [-0.2, 0) is 19.4 Å². The highest BCUT2D eigenvalue weighted by molar-refractivity contribution is 5.95. The van der Waals surface area contributed by atoms with E-state index in [1.54, 1.807) is 0 Å². The third-order valence-corrected chi connectivity index (χ3v) is 6.72. The maximum absolute atomic E-state index is 13.3. The van der Waals surface area contributed by atoms with Gasteiger partial charge in [-0.25, -0.2) is 4.98 Å². The van der Waals surface area contributed by atoms with Gasteiger partial charge < -0.3 is 15.6 Å². The fraction of sp³-hybridized carbons (Fsp3) is 0.121. The van der Waals surface area contributed by atoms with Crippen molar-refractivity contribution in [2.75, 3.05) is 0 Å². The fourth-order valence-corrected chi connectivity index (χ4v) is 4.63. The summed E-state index contributed by atoms with van der Waals surface area (Å²) in [6, 6.07) is 36.9. The van der Waals surface area contributed by atoms with Crippen molar-refractivity contribution in [3.8, 4) is 11.3 Å². The van der Waals surface area contributed by atoms with Crippen LogP contribution in [0.4, 0.5) is 0 Å². The van der Waals surface area contributed by atoms with Crippen LogP contribution in [0.3, 0.4) is 0 Å². The lowest BCUT2D eigenvalue weighted by Gasteiger charge is -2.20. The van der Waals surface area contributed by atoms with Crippen LogP contribution in [0.15, 0.2) is 121 Å². The Kier molecular flexibility index (Phi) is 7.93. The van der Waals surface area contributed by atoms with Crippen molar-refractivity contribution in [1.82, 2.24) is 14.9 Å². The van der Waals surface area contributed by atoms with E-state index in [1.165, 1.54) is 5.56 Å². The first-order chi connectivity index (χ1) is 19.1. The number of rotatable bonds is 10. The Hall–Kier alpha value is -4.97. The number of aromatic nitrogens is 2. The fourth-order valence-electron chi connectivity index (χ4n) is 4.63. The molecule has 0 unspecified atom stereocenters. The van der Waals surface area contributed by atoms with Crippen molar-refractivity contribution >= 4 is 11.7 Å². The Balaban J connectivity index is 1.53. The SMILES string of the molecule is N=C(N)c1ccc(-c2cn(CCc3ccccc3)c([C@H](Cc3ccccc3)NC(=O)c3ccccc3)n2)cc1. The number of nitrogens with zero attached hydrogens (tertiary/aromatic N) is 2. The molecule has 1 amide bonds. The van der Waals surface area contributed by atoms with E-state index in [0.29, 0.717) is 24.1 Å². The first kappa shape index (κ1) is 25.7. The summed E-state index contributed by atoms with van der Waals surface area (Å²) in [7, 11) is 0. The van der Waals surface area contributed by atoms with Crippen molar-refractivity contribution in [1.29, 1.82) is 5.41 Å². The van der Waals surface area contributed by atoms with Gasteiger partial charge in [0.05, 0.1) is 11.7 Å². The van der Waals surface area contributed by atoms with Gasteiger partial charge in [0.15, 0.2) is 0 Å². The summed E-state index contributed by atoms with van der Waals surface area (Å²) in [5.74, 6) is 0.688. The Bertz CT molecular complexity index is 1530. The summed E-state index contributed by atoms with van der Waals surface area (Å²) in [4.78, 5) is 18.4. The van der Waals surface area contributed by atoms with Crippen LogP contribution in [-0.4, -0.2) is 21.3 Å². The largest absolute Gasteiger partial charge is 0.384 e. The minimum atomic E-state index is -0.346. The van der Waals surface area contributed by atoms with Gasteiger partial charge in [0.1, 0.15) is 11.7 Å². The van der Waals surface area contributed by atoms with Crippen LogP contribution in [0, 0.1) is 5.41 Å². The van der Waals surface area contributed by atoms with E-state index in [0.717, 1.165) is 29.1 Å². The quantitative estimate of drug-likeness (QED) is 0.163. The second-order valence-corrected chi connectivity index (χ2v) is 9.49. The van der Waals surface area contributed by atoms with E-state index in [9.17, 15) is 4.79 Å². The third kappa shape index (κ3) is 6.48. The number of imidazole rings is 1. The lowest BCUT2D eigenvalue weighted by Crippen LogP contribution is -2.32. The number of nitrogens with two attached hydrogens (primary N) is 1. The molecule has 6 heteroatoms. The molecule has 0 saturated carbocycles. The molecule has 39 heavy (non-hydrogen) atoms. The second-order valence-electron chi connectivity index (χ2n) is 9.49. The normalized spacial score (nSPS) is 11.6. The van der Waals surface area contributed by atoms with E-state index in [-0.39, 0.29) is 17.8 Å². The molecule has 4 aromatic carbocycles. The molecule has 0 aliphatic carbocycles. The predicted molar refractivity (Wildman–Crippen MR) is 156 cm³/mol. The number of aryl methyl sites for hydroxylation is 2. The maximum atomic E-state index is 13.3. The zero-order chi connectivity index (χ0) is 27.0. The summed E-state index contributed by atoms with van der Waals surface area (Å²) in [5.41, 5.74) is 11.0. The van der Waals surface area contributed by atoms with E-state index < -0.39 is 0 Å². The van der Waals surface area contributed by atoms with E-state index >= 15 is 0 Å². The van der Waals surface area contributed by atoms with Gasteiger partial charge in [-0.1, -0.05) is 103 Å². The first-order valence-corrected chi connectivity index (χ1v) is 13.0. The zero-order valence-electron chi connectivity index (χ0n) is 21.6. The molecule has 0 fully saturated rings. The first-order valence-electron chi connectivity index (χ1n) is 13.0. The summed E-state index contributed by atoms with van der Waals surface area (Å²) >= 11 is 0. The monoisotopic (exact) mass is 513 g/mol. The van der Waals surface area contributed by atoms with Gasteiger partial charge in [0.25, 0.3) is 5.91 Å². The van der Waals surface area contributed by atoms with Gasteiger partial charge in [-0.3, -0.25) is 10.2 Å². The number of amidine groups is 1. The molecule has 1 heterocycles. The highest BCUT2D eigenvalue weighted by Gasteiger charge is 2.23. The van der Waals surface area contributed by atoms with Gasteiger partial charge in [-0.2, -0.15) is 0 Å². The van der Waals surface area contributed by atoms with Crippen molar-refractivity contribution in [3.63, 3.8) is 0 Å². The molecule has 0 saturated heterocycles. The van der Waals surface area contributed by atoms with Crippen molar-refractivity contribution in [2.45, 2.75) is 25.4 Å². The summed E-state index contributed by atoms with van der Waals surface area (Å²) in [6.45, 7) is 0.713. The molecule has 5 rings (SSSR count). The molecule has 0 spiro atoms. The third-order valence-electron chi connectivity index (χ3n) is 6.72. The number of amides is 1. The molecular weight excluding hydrogens is 482 g/mol. The summed E-state index contributed by atoms with van der Waals surface area (Å²) in [5, 5.41) is 11.0. The van der Waals surface area contributed by atoms with E-state index in [2.05, 4.69) is 34.1 Å². The number of nitrogen functional groups attached to an aromatic ring is 1. The maximum Gasteiger partial charge on any atom is 0.251 e. The highest BCUT2D eigenvalue weighted by Crippen LogP contribution is 2.26. The molecule has 0 bridgehead atoms. The Morgan fingerprint density at radius 2 is 1.38 bits per heavy atom. The molecule has 1 aromatic heterocycles.